The highest BCUT2D eigenvalue weighted by Gasteiger charge is 2.25. The Kier molecular flexibility index (Phi) is 5.98. The standard InChI is InChI=1S/C24H22F3N7O/c25-12-7-15-16(10-29-21(15)17(26)8-12)22-30-11-18(27)23(34-22)31-13-3-1-4-14(9-13)32-24(35)19-5-2-6-20(28)33-19/h2,5-8,10-11,13-14,29H,1,3-4,9H2,(H2,28,33)(H,32,35)(H,30,31,34)/t13-,14+/m0/s1. The number of carbonyl (C=O) groups excluding carboxylic acids is 1. The number of nitrogens with one attached hydrogen (secondary N) is 3. The van der Waals surface area contributed by atoms with Crippen molar-refractivity contribution >= 4 is 28.4 Å². The van der Waals surface area contributed by atoms with Gasteiger partial charge in [0.05, 0.1) is 11.7 Å². The number of aromatic amines is 1. The molecule has 0 aliphatic heterocycles. The summed E-state index contributed by atoms with van der Waals surface area (Å²) in [6, 6.07) is 6.51. The summed E-state index contributed by atoms with van der Waals surface area (Å²) in [7, 11) is 0. The lowest BCUT2D eigenvalue weighted by Gasteiger charge is -2.30. The maximum atomic E-state index is 14.6. The number of hydrogen-bond acceptors (Lipinski definition) is 6. The van der Waals surface area contributed by atoms with E-state index in [4.69, 9.17) is 5.73 Å². The predicted octanol–water partition coefficient (Wildman–Crippen LogP) is 4.17. The second-order valence-electron chi connectivity index (χ2n) is 8.53. The van der Waals surface area contributed by atoms with Gasteiger partial charge in [0.25, 0.3) is 5.91 Å². The Morgan fingerprint density at radius 2 is 1.91 bits per heavy atom. The van der Waals surface area contributed by atoms with Gasteiger partial charge in [-0.15, -0.1) is 0 Å². The lowest BCUT2D eigenvalue weighted by molar-refractivity contribution is 0.0921. The van der Waals surface area contributed by atoms with Crippen molar-refractivity contribution in [3.63, 3.8) is 0 Å². The number of hydrogen-bond donors (Lipinski definition) is 4. The third-order valence-corrected chi connectivity index (χ3v) is 6.04. The van der Waals surface area contributed by atoms with E-state index in [2.05, 4.69) is 30.6 Å². The van der Waals surface area contributed by atoms with Crippen LogP contribution in [0.25, 0.3) is 22.3 Å². The number of fused-ring (bicyclic) bond motifs is 1. The smallest absolute Gasteiger partial charge is 0.270 e. The van der Waals surface area contributed by atoms with E-state index in [-0.39, 0.29) is 52.0 Å². The van der Waals surface area contributed by atoms with Gasteiger partial charge in [-0.25, -0.2) is 28.1 Å². The van der Waals surface area contributed by atoms with Crippen LogP contribution < -0.4 is 16.4 Å². The first kappa shape index (κ1) is 22.6. The predicted molar refractivity (Wildman–Crippen MR) is 125 cm³/mol. The monoisotopic (exact) mass is 481 g/mol. The number of nitrogens with zero attached hydrogens (tertiary/aromatic N) is 3. The van der Waals surface area contributed by atoms with Crippen LogP contribution in [0.1, 0.15) is 36.2 Å². The number of nitrogen functional groups attached to an aromatic ring is 1. The molecule has 4 aromatic rings. The van der Waals surface area contributed by atoms with E-state index in [0.717, 1.165) is 31.5 Å². The number of aromatic nitrogens is 4. The van der Waals surface area contributed by atoms with Crippen molar-refractivity contribution in [2.24, 2.45) is 0 Å². The Labute approximate surface area is 198 Å². The maximum absolute atomic E-state index is 14.6. The number of benzene rings is 1. The number of carbonyl (C=O) groups is 1. The number of anilines is 2. The quantitative estimate of drug-likeness (QED) is 0.339. The number of pyridine rings is 1. The summed E-state index contributed by atoms with van der Waals surface area (Å²) < 4.78 is 42.4. The zero-order chi connectivity index (χ0) is 24.5. The molecular weight excluding hydrogens is 459 g/mol. The molecule has 1 aliphatic rings. The summed E-state index contributed by atoms with van der Waals surface area (Å²) in [6.45, 7) is 0. The molecule has 180 valence electrons. The van der Waals surface area contributed by atoms with Crippen molar-refractivity contribution in [3.05, 3.63) is 65.9 Å². The highest BCUT2D eigenvalue weighted by molar-refractivity contribution is 5.94. The first-order chi connectivity index (χ1) is 16.9. The van der Waals surface area contributed by atoms with Crippen LogP contribution in [-0.2, 0) is 0 Å². The molecule has 0 unspecified atom stereocenters. The molecule has 0 radical (unpaired) electrons. The SMILES string of the molecule is Nc1cccc(C(=O)N[C@@H]2CCC[C@H](Nc3nc(-c4c[nH]c5c(F)cc(F)cc45)ncc3F)C2)n1. The maximum Gasteiger partial charge on any atom is 0.270 e. The van der Waals surface area contributed by atoms with Crippen LogP contribution in [-0.4, -0.2) is 37.9 Å². The summed E-state index contributed by atoms with van der Waals surface area (Å²) in [5, 5.41) is 6.32. The molecule has 35 heavy (non-hydrogen) atoms. The fourth-order valence-corrected chi connectivity index (χ4v) is 4.42. The van der Waals surface area contributed by atoms with Gasteiger partial charge in [-0.3, -0.25) is 4.79 Å². The molecule has 1 fully saturated rings. The van der Waals surface area contributed by atoms with Crippen molar-refractivity contribution in [1.29, 1.82) is 0 Å². The molecule has 5 rings (SSSR count). The topological polar surface area (TPSA) is 122 Å². The van der Waals surface area contributed by atoms with Gasteiger partial charge in [0, 0.05) is 35.3 Å². The second-order valence-corrected chi connectivity index (χ2v) is 8.53. The van der Waals surface area contributed by atoms with E-state index >= 15 is 0 Å². The number of rotatable bonds is 5. The fraction of sp³-hybridized carbons (Fsp3) is 0.250. The average molecular weight is 481 g/mol. The van der Waals surface area contributed by atoms with Crippen molar-refractivity contribution < 1.29 is 18.0 Å². The second kappa shape index (κ2) is 9.24. The Hall–Kier alpha value is -4.15. The summed E-state index contributed by atoms with van der Waals surface area (Å²) in [5.74, 6) is -2.08. The van der Waals surface area contributed by atoms with E-state index in [0.29, 0.717) is 12.0 Å². The third kappa shape index (κ3) is 4.75. The van der Waals surface area contributed by atoms with E-state index < -0.39 is 17.5 Å². The van der Waals surface area contributed by atoms with Crippen LogP contribution in [0.5, 0.6) is 0 Å². The van der Waals surface area contributed by atoms with Gasteiger partial charge in [0.15, 0.2) is 17.5 Å². The molecule has 3 aromatic heterocycles. The van der Waals surface area contributed by atoms with Gasteiger partial charge in [-0.2, -0.15) is 0 Å². The number of amides is 1. The van der Waals surface area contributed by atoms with Crippen molar-refractivity contribution in [2.75, 3.05) is 11.1 Å². The summed E-state index contributed by atoms with van der Waals surface area (Å²) in [6.07, 6.45) is 5.37. The zero-order valence-corrected chi connectivity index (χ0v) is 18.5. The van der Waals surface area contributed by atoms with E-state index in [1.807, 2.05) is 0 Å². The molecule has 1 saturated carbocycles. The van der Waals surface area contributed by atoms with Gasteiger partial charge in [0.1, 0.15) is 23.1 Å². The van der Waals surface area contributed by atoms with Crippen LogP contribution in [0.15, 0.2) is 42.7 Å². The minimum Gasteiger partial charge on any atom is -0.384 e. The number of H-pyrrole nitrogens is 1. The van der Waals surface area contributed by atoms with Gasteiger partial charge in [0.2, 0.25) is 0 Å². The summed E-state index contributed by atoms with van der Waals surface area (Å²) in [5.41, 5.74) is 6.36. The molecule has 11 heteroatoms. The van der Waals surface area contributed by atoms with Gasteiger partial charge < -0.3 is 21.4 Å². The number of nitrogens with two attached hydrogens (primary N) is 1. The first-order valence-corrected chi connectivity index (χ1v) is 11.2. The summed E-state index contributed by atoms with van der Waals surface area (Å²) >= 11 is 0. The lowest BCUT2D eigenvalue weighted by atomic mass is 9.91. The Morgan fingerprint density at radius 1 is 1.09 bits per heavy atom. The molecule has 0 spiro atoms. The lowest BCUT2D eigenvalue weighted by Crippen LogP contribution is -2.42. The van der Waals surface area contributed by atoms with Crippen LogP contribution in [0.4, 0.5) is 24.8 Å². The van der Waals surface area contributed by atoms with Crippen molar-refractivity contribution in [1.82, 2.24) is 25.3 Å². The van der Waals surface area contributed by atoms with Crippen LogP contribution in [0.2, 0.25) is 0 Å². The highest BCUT2D eigenvalue weighted by Crippen LogP contribution is 2.30. The van der Waals surface area contributed by atoms with Gasteiger partial charge in [-0.05, 0) is 43.9 Å². The van der Waals surface area contributed by atoms with Crippen molar-refractivity contribution in [2.45, 2.75) is 37.8 Å². The summed E-state index contributed by atoms with van der Waals surface area (Å²) in [4.78, 5) is 27.6. The largest absolute Gasteiger partial charge is 0.384 e. The molecule has 1 amide bonds. The molecule has 1 aromatic carbocycles. The molecule has 2 atom stereocenters. The number of halogens is 3. The van der Waals surface area contributed by atoms with Crippen LogP contribution in [0.3, 0.4) is 0 Å². The minimum atomic E-state index is -0.740. The molecule has 8 nitrogen and oxygen atoms in total. The molecule has 0 bridgehead atoms. The minimum absolute atomic E-state index is 0.0179. The van der Waals surface area contributed by atoms with Gasteiger partial charge in [-0.1, -0.05) is 6.07 Å². The molecular formula is C24H22F3N7O. The normalized spacial score (nSPS) is 17.9. The van der Waals surface area contributed by atoms with Crippen molar-refractivity contribution in [3.8, 4) is 11.4 Å². The molecule has 0 saturated heterocycles. The Morgan fingerprint density at radius 3 is 2.74 bits per heavy atom. The molecule has 3 heterocycles. The Bertz CT molecular complexity index is 1410. The average Bonchev–Trinajstić information content (AvgIpc) is 3.25. The zero-order valence-electron chi connectivity index (χ0n) is 18.5. The van der Waals surface area contributed by atoms with E-state index in [1.54, 1.807) is 18.2 Å². The highest BCUT2D eigenvalue weighted by atomic mass is 19.1. The van der Waals surface area contributed by atoms with E-state index in [9.17, 15) is 18.0 Å². The first-order valence-electron chi connectivity index (χ1n) is 11.2. The molecule has 1 aliphatic carbocycles. The molecule has 5 N–H and O–H groups in total. The third-order valence-electron chi connectivity index (χ3n) is 6.04. The van der Waals surface area contributed by atoms with Crippen LogP contribution in [0, 0.1) is 17.5 Å². The van der Waals surface area contributed by atoms with Gasteiger partial charge >= 0.3 is 0 Å². The Balaban J connectivity index is 1.32. The van der Waals surface area contributed by atoms with E-state index in [1.165, 1.54) is 12.3 Å². The van der Waals surface area contributed by atoms with Crippen LogP contribution >= 0.6 is 0 Å². The fourth-order valence-electron chi connectivity index (χ4n) is 4.42.